The average Bonchev–Trinajstić information content (AvgIpc) is 3.00. The Kier molecular flexibility index (Phi) is 4.87. The van der Waals surface area contributed by atoms with Crippen LogP contribution in [0.5, 0.6) is 0 Å². The minimum absolute atomic E-state index is 0.0495. The summed E-state index contributed by atoms with van der Waals surface area (Å²) in [6.45, 7) is 1.66. The van der Waals surface area contributed by atoms with Crippen LogP contribution in [-0.2, 0) is 14.3 Å². The van der Waals surface area contributed by atoms with Crippen LogP contribution in [-0.4, -0.2) is 18.4 Å². The number of ketones is 1. The summed E-state index contributed by atoms with van der Waals surface area (Å²) in [6, 6.07) is 4.07. The van der Waals surface area contributed by atoms with E-state index in [9.17, 15) is 9.59 Å². The van der Waals surface area contributed by atoms with Crippen LogP contribution in [0.4, 0.5) is 0 Å². The lowest BCUT2D eigenvalue weighted by Crippen LogP contribution is -2.15. The predicted octanol–water partition coefficient (Wildman–Crippen LogP) is 3.46. The van der Waals surface area contributed by atoms with Crippen LogP contribution in [0.3, 0.4) is 0 Å². The zero-order chi connectivity index (χ0) is 13.7. The average molecular weight is 294 g/mol. The van der Waals surface area contributed by atoms with Crippen molar-refractivity contribution >= 4 is 34.4 Å². The maximum Gasteiger partial charge on any atom is 0.313 e. The standard InChI is InChI=1S/C14H14O3S2/c1-10(15)6-14(16)17-7-13(11-2-4-18-8-11)12-3-5-19-9-12/h2-5,8-9,13H,6-7H2,1H3. The fraction of sp³-hybridized carbons (Fsp3) is 0.286. The first-order valence-corrected chi connectivity index (χ1v) is 7.74. The van der Waals surface area contributed by atoms with Gasteiger partial charge in [-0.15, -0.1) is 0 Å². The summed E-state index contributed by atoms with van der Waals surface area (Å²) in [7, 11) is 0. The molecular weight excluding hydrogens is 280 g/mol. The van der Waals surface area contributed by atoms with Gasteiger partial charge in [-0.25, -0.2) is 0 Å². The summed E-state index contributed by atoms with van der Waals surface area (Å²) in [5.74, 6) is -0.580. The molecule has 0 N–H and O–H groups in total. The molecule has 5 heteroatoms. The van der Waals surface area contributed by atoms with Crippen LogP contribution in [0, 0.1) is 0 Å². The first-order valence-electron chi connectivity index (χ1n) is 5.86. The van der Waals surface area contributed by atoms with E-state index in [4.69, 9.17) is 4.74 Å². The van der Waals surface area contributed by atoms with Gasteiger partial charge in [-0.05, 0) is 51.7 Å². The third-order valence-corrected chi connectivity index (χ3v) is 4.10. The van der Waals surface area contributed by atoms with Gasteiger partial charge in [0.05, 0.1) is 0 Å². The second kappa shape index (κ2) is 6.63. The highest BCUT2D eigenvalue weighted by molar-refractivity contribution is 7.08. The Hall–Kier alpha value is -1.46. The summed E-state index contributed by atoms with van der Waals surface area (Å²) < 4.78 is 5.21. The van der Waals surface area contributed by atoms with Crippen molar-refractivity contribution in [3.8, 4) is 0 Å². The number of esters is 1. The molecule has 0 aliphatic carbocycles. The topological polar surface area (TPSA) is 43.4 Å². The molecule has 2 aromatic rings. The molecule has 0 saturated heterocycles. The van der Waals surface area contributed by atoms with Crippen molar-refractivity contribution in [2.75, 3.05) is 6.61 Å². The van der Waals surface area contributed by atoms with Crippen LogP contribution in [0.15, 0.2) is 33.7 Å². The summed E-state index contributed by atoms with van der Waals surface area (Å²) >= 11 is 3.24. The van der Waals surface area contributed by atoms with E-state index in [1.54, 1.807) is 22.7 Å². The molecule has 19 heavy (non-hydrogen) atoms. The molecule has 0 spiro atoms. The van der Waals surface area contributed by atoms with E-state index >= 15 is 0 Å². The second-order valence-electron chi connectivity index (χ2n) is 4.23. The molecule has 0 saturated carbocycles. The summed E-state index contributed by atoms with van der Waals surface area (Å²) in [5.41, 5.74) is 2.28. The quantitative estimate of drug-likeness (QED) is 0.605. The van der Waals surface area contributed by atoms with Crippen molar-refractivity contribution in [1.82, 2.24) is 0 Å². The predicted molar refractivity (Wildman–Crippen MR) is 76.7 cm³/mol. The van der Waals surface area contributed by atoms with Crippen molar-refractivity contribution in [2.24, 2.45) is 0 Å². The number of hydrogen-bond donors (Lipinski definition) is 0. The van der Waals surface area contributed by atoms with E-state index in [2.05, 4.69) is 10.8 Å². The first kappa shape index (κ1) is 14.0. The lowest BCUT2D eigenvalue weighted by atomic mass is 9.97. The Morgan fingerprint density at radius 1 is 1.16 bits per heavy atom. The molecular formula is C14H14O3S2. The highest BCUT2D eigenvalue weighted by Gasteiger charge is 2.18. The molecule has 0 unspecified atom stereocenters. The van der Waals surface area contributed by atoms with Crippen LogP contribution < -0.4 is 0 Å². The van der Waals surface area contributed by atoms with Gasteiger partial charge in [-0.3, -0.25) is 9.59 Å². The van der Waals surface area contributed by atoms with Crippen LogP contribution in [0.2, 0.25) is 0 Å². The van der Waals surface area contributed by atoms with E-state index in [0.29, 0.717) is 0 Å². The summed E-state index contributed by atoms with van der Waals surface area (Å²) in [4.78, 5) is 22.3. The first-order chi connectivity index (χ1) is 9.16. The molecule has 2 aromatic heterocycles. The number of carbonyl (C=O) groups excluding carboxylic acids is 2. The van der Waals surface area contributed by atoms with E-state index in [1.807, 2.05) is 22.9 Å². The third-order valence-electron chi connectivity index (χ3n) is 2.70. The van der Waals surface area contributed by atoms with Crippen LogP contribution >= 0.6 is 22.7 Å². The van der Waals surface area contributed by atoms with Gasteiger partial charge in [0.2, 0.25) is 0 Å². The summed E-state index contributed by atoms with van der Waals surface area (Å²) in [6.07, 6.45) is -0.153. The van der Waals surface area contributed by atoms with E-state index in [0.717, 1.165) is 11.1 Å². The minimum atomic E-state index is -0.456. The maximum atomic E-state index is 11.5. The van der Waals surface area contributed by atoms with Crippen molar-refractivity contribution in [3.05, 3.63) is 44.8 Å². The van der Waals surface area contributed by atoms with Gasteiger partial charge in [-0.1, -0.05) is 0 Å². The fourth-order valence-corrected chi connectivity index (χ4v) is 3.19. The Morgan fingerprint density at radius 2 is 1.74 bits per heavy atom. The highest BCUT2D eigenvalue weighted by atomic mass is 32.1. The maximum absolute atomic E-state index is 11.5. The molecule has 100 valence electrons. The fourth-order valence-electron chi connectivity index (χ4n) is 1.76. The SMILES string of the molecule is CC(=O)CC(=O)OCC(c1ccsc1)c1ccsc1. The van der Waals surface area contributed by atoms with Crippen molar-refractivity contribution < 1.29 is 14.3 Å². The number of ether oxygens (including phenoxy) is 1. The Labute approximate surface area is 119 Å². The third kappa shape index (κ3) is 4.01. The summed E-state index contributed by atoms with van der Waals surface area (Å²) in [5, 5.41) is 8.13. The molecule has 0 bridgehead atoms. The Bertz CT molecular complexity index is 495. The van der Waals surface area contributed by atoms with Gasteiger partial charge >= 0.3 is 5.97 Å². The van der Waals surface area contributed by atoms with Crippen LogP contribution in [0.1, 0.15) is 30.4 Å². The number of hydrogen-bond acceptors (Lipinski definition) is 5. The number of Topliss-reactive ketones (excluding diaryl/α,β-unsaturated/α-hetero) is 1. The molecule has 0 radical (unpaired) electrons. The Balaban J connectivity index is 2.04. The largest absolute Gasteiger partial charge is 0.464 e. The molecule has 0 aliphatic rings. The van der Waals surface area contributed by atoms with E-state index in [-0.39, 0.29) is 24.7 Å². The van der Waals surface area contributed by atoms with Gasteiger partial charge in [-0.2, -0.15) is 22.7 Å². The lowest BCUT2D eigenvalue weighted by molar-refractivity contribution is -0.145. The normalized spacial score (nSPS) is 10.6. The number of carbonyl (C=O) groups is 2. The smallest absolute Gasteiger partial charge is 0.313 e. The van der Waals surface area contributed by atoms with Crippen molar-refractivity contribution in [2.45, 2.75) is 19.3 Å². The van der Waals surface area contributed by atoms with Crippen molar-refractivity contribution in [1.29, 1.82) is 0 Å². The van der Waals surface area contributed by atoms with Gasteiger partial charge < -0.3 is 4.74 Å². The van der Waals surface area contributed by atoms with Gasteiger partial charge in [0.25, 0.3) is 0 Å². The Morgan fingerprint density at radius 3 is 2.16 bits per heavy atom. The molecule has 0 aliphatic heterocycles. The zero-order valence-corrected chi connectivity index (χ0v) is 12.1. The molecule has 0 amide bonds. The van der Waals surface area contributed by atoms with E-state index in [1.165, 1.54) is 6.92 Å². The lowest BCUT2D eigenvalue weighted by Gasteiger charge is -2.14. The minimum Gasteiger partial charge on any atom is -0.464 e. The van der Waals surface area contributed by atoms with Crippen LogP contribution in [0.25, 0.3) is 0 Å². The van der Waals surface area contributed by atoms with Gasteiger partial charge in [0, 0.05) is 5.92 Å². The molecule has 2 heterocycles. The van der Waals surface area contributed by atoms with E-state index < -0.39 is 5.97 Å². The molecule has 0 aromatic carbocycles. The molecule has 3 nitrogen and oxygen atoms in total. The van der Waals surface area contributed by atoms with Gasteiger partial charge in [0.15, 0.2) is 0 Å². The highest BCUT2D eigenvalue weighted by Crippen LogP contribution is 2.28. The molecule has 2 rings (SSSR count). The number of thiophene rings is 2. The monoisotopic (exact) mass is 294 g/mol. The molecule has 0 atom stereocenters. The zero-order valence-electron chi connectivity index (χ0n) is 10.5. The van der Waals surface area contributed by atoms with Gasteiger partial charge in [0.1, 0.15) is 18.8 Å². The number of rotatable bonds is 6. The second-order valence-corrected chi connectivity index (χ2v) is 5.79. The molecule has 0 fully saturated rings. The van der Waals surface area contributed by atoms with Crippen molar-refractivity contribution in [3.63, 3.8) is 0 Å².